The molecule has 40 heavy (non-hydrogen) atoms. The number of rotatable bonds is 9. The van der Waals surface area contributed by atoms with E-state index in [0.717, 1.165) is 56.5 Å². The summed E-state index contributed by atoms with van der Waals surface area (Å²) in [4.78, 5) is 11.6. The first-order valence-corrected chi connectivity index (χ1v) is 16.2. The number of methoxy groups -OCH3 is 1. The first-order chi connectivity index (χ1) is 19.3. The maximum Gasteiger partial charge on any atom is 0.229 e. The van der Waals surface area contributed by atoms with Gasteiger partial charge in [0.1, 0.15) is 10.8 Å². The van der Waals surface area contributed by atoms with Gasteiger partial charge in [-0.05, 0) is 87.1 Å². The number of likely N-dealkylation sites (tertiary alicyclic amines) is 1. The van der Waals surface area contributed by atoms with Crippen molar-refractivity contribution in [3.05, 3.63) is 64.8 Å². The summed E-state index contributed by atoms with van der Waals surface area (Å²) < 4.78 is 29.5. The van der Waals surface area contributed by atoms with Gasteiger partial charge < -0.3 is 25.6 Å². The van der Waals surface area contributed by atoms with Crippen molar-refractivity contribution in [2.24, 2.45) is 0 Å². The van der Waals surface area contributed by atoms with Gasteiger partial charge in [-0.1, -0.05) is 35.9 Å². The van der Waals surface area contributed by atoms with Gasteiger partial charge in [-0.2, -0.15) is 4.98 Å². The number of nitrogens with one attached hydrogen (secondary N) is 3. The molecule has 3 aromatic rings. The van der Waals surface area contributed by atoms with Crippen LogP contribution < -0.4 is 20.7 Å². The molecule has 0 radical (unpaired) electrons. The standard InChI is InChI=1S/C29H37ClN6O3S/c1-39-27-17-21(20-11-15-36(16-12-20)23-9-13-31-14-10-23)7-8-26(27)34-29-32-18-24(30)28(35-29)33-25-6-4-3-5-22(25)19-40(2,37)38/h3-8,17-18,20,23,31H,9-16,19H2,1-2H3,(H2,32,33,34,35). The second kappa shape index (κ2) is 12.7. The molecule has 2 aliphatic heterocycles. The van der Waals surface area contributed by atoms with Crippen LogP contribution in [-0.4, -0.2) is 68.9 Å². The lowest BCUT2D eigenvalue weighted by Crippen LogP contribution is -2.46. The highest BCUT2D eigenvalue weighted by Crippen LogP contribution is 2.36. The van der Waals surface area contributed by atoms with E-state index in [2.05, 4.69) is 43.0 Å². The normalized spacial score (nSPS) is 17.5. The first kappa shape index (κ1) is 28.6. The fourth-order valence-electron chi connectivity index (χ4n) is 5.65. The Bertz CT molecular complexity index is 1420. The maximum absolute atomic E-state index is 11.9. The summed E-state index contributed by atoms with van der Waals surface area (Å²) in [5.74, 6) is 1.86. The maximum atomic E-state index is 11.9. The number of anilines is 4. The number of benzene rings is 2. The zero-order valence-corrected chi connectivity index (χ0v) is 24.6. The van der Waals surface area contributed by atoms with Gasteiger partial charge in [0.05, 0.1) is 24.7 Å². The zero-order chi connectivity index (χ0) is 28.1. The highest BCUT2D eigenvalue weighted by atomic mass is 35.5. The smallest absolute Gasteiger partial charge is 0.229 e. The van der Waals surface area contributed by atoms with Crippen LogP contribution in [0.5, 0.6) is 5.75 Å². The molecule has 1 aromatic heterocycles. The van der Waals surface area contributed by atoms with Gasteiger partial charge in [-0.25, -0.2) is 13.4 Å². The average Bonchev–Trinajstić information content (AvgIpc) is 2.96. The van der Waals surface area contributed by atoms with Gasteiger partial charge in [0, 0.05) is 18.0 Å². The summed E-state index contributed by atoms with van der Waals surface area (Å²) in [7, 11) is -1.55. The number of hydrogen-bond donors (Lipinski definition) is 3. The number of piperidine rings is 2. The molecule has 0 bridgehead atoms. The molecule has 0 aliphatic carbocycles. The minimum atomic E-state index is -3.22. The molecule has 3 N–H and O–H groups in total. The SMILES string of the molecule is COc1cc(C2CCN(C3CCNCC3)CC2)ccc1Nc1ncc(Cl)c(Nc2ccccc2CS(C)(=O)=O)n1. The predicted octanol–water partition coefficient (Wildman–Crippen LogP) is 5.10. The molecule has 11 heteroatoms. The monoisotopic (exact) mass is 584 g/mol. The van der Waals surface area contributed by atoms with Crippen LogP contribution in [-0.2, 0) is 15.6 Å². The number of nitrogens with zero attached hydrogens (tertiary/aromatic N) is 3. The van der Waals surface area contributed by atoms with Gasteiger partial charge in [-0.15, -0.1) is 0 Å². The van der Waals surface area contributed by atoms with E-state index in [4.69, 9.17) is 16.3 Å². The number of sulfone groups is 1. The Morgan fingerprint density at radius 3 is 2.52 bits per heavy atom. The Morgan fingerprint density at radius 2 is 1.80 bits per heavy atom. The molecule has 5 rings (SSSR count). The second-order valence-corrected chi connectivity index (χ2v) is 13.2. The Morgan fingerprint density at radius 1 is 1.05 bits per heavy atom. The third-order valence-corrected chi connectivity index (χ3v) is 8.84. The van der Waals surface area contributed by atoms with Crippen molar-refractivity contribution in [3.8, 4) is 5.75 Å². The molecular formula is C29H37ClN6O3S. The highest BCUT2D eigenvalue weighted by Gasteiger charge is 2.27. The quantitative estimate of drug-likeness (QED) is 0.316. The van der Waals surface area contributed by atoms with Crippen molar-refractivity contribution in [1.82, 2.24) is 20.2 Å². The Labute approximate surface area is 241 Å². The van der Waals surface area contributed by atoms with Gasteiger partial charge in [0.25, 0.3) is 0 Å². The Kier molecular flexibility index (Phi) is 9.10. The van der Waals surface area contributed by atoms with Crippen molar-refractivity contribution in [2.75, 3.05) is 50.2 Å². The van der Waals surface area contributed by atoms with Gasteiger partial charge in [0.15, 0.2) is 15.7 Å². The van der Waals surface area contributed by atoms with E-state index in [1.165, 1.54) is 30.9 Å². The van der Waals surface area contributed by atoms with Crippen molar-refractivity contribution in [3.63, 3.8) is 0 Å². The Hall–Kier alpha value is -2.92. The summed E-state index contributed by atoms with van der Waals surface area (Å²) in [6, 6.07) is 14.2. The third-order valence-electron chi connectivity index (χ3n) is 7.73. The van der Waals surface area contributed by atoms with E-state index in [0.29, 0.717) is 34.0 Å². The fourth-order valence-corrected chi connectivity index (χ4v) is 6.60. The van der Waals surface area contributed by atoms with E-state index < -0.39 is 9.84 Å². The molecule has 0 amide bonds. The minimum Gasteiger partial charge on any atom is -0.495 e. The van der Waals surface area contributed by atoms with Crippen LogP contribution in [0.4, 0.5) is 23.1 Å². The van der Waals surface area contributed by atoms with Crippen molar-refractivity contribution in [2.45, 2.75) is 43.4 Å². The molecule has 3 heterocycles. The summed E-state index contributed by atoms with van der Waals surface area (Å²) in [5.41, 5.74) is 3.29. The largest absolute Gasteiger partial charge is 0.495 e. The van der Waals surface area contributed by atoms with Crippen LogP contribution >= 0.6 is 11.6 Å². The van der Waals surface area contributed by atoms with Crippen LogP contribution in [0, 0.1) is 0 Å². The number of aromatic nitrogens is 2. The van der Waals surface area contributed by atoms with Crippen LogP contribution in [0.15, 0.2) is 48.7 Å². The second-order valence-electron chi connectivity index (χ2n) is 10.6. The molecule has 2 aromatic carbocycles. The molecular weight excluding hydrogens is 548 g/mol. The average molecular weight is 585 g/mol. The lowest BCUT2D eigenvalue weighted by molar-refractivity contribution is 0.127. The molecule has 0 unspecified atom stereocenters. The molecule has 0 atom stereocenters. The summed E-state index contributed by atoms with van der Waals surface area (Å²) in [6.07, 6.45) is 7.51. The van der Waals surface area contributed by atoms with Crippen LogP contribution in [0.3, 0.4) is 0 Å². The topological polar surface area (TPSA) is 108 Å². The molecule has 0 saturated carbocycles. The van der Waals surface area contributed by atoms with Crippen molar-refractivity contribution in [1.29, 1.82) is 0 Å². The third kappa shape index (κ3) is 7.23. The van der Waals surface area contributed by atoms with Crippen LogP contribution in [0.2, 0.25) is 5.02 Å². The van der Waals surface area contributed by atoms with Crippen molar-refractivity contribution >= 4 is 44.6 Å². The number of hydrogen-bond acceptors (Lipinski definition) is 9. The summed E-state index contributed by atoms with van der Waals surface area (Å²) >= 11 is 6.39. The van der Waals surface area contributed by atoms with E-state index in [9.17, 15) is 8.42 Å². The van der Waals surface area contributed by atoms with E-state index in [1.807, 2.05) is 12.1 Å². The van der Waals surface area contributed by atoms with Gasteiger partial charge in [0.2, 0.25) is 5.95 Å². The Balaban J connectivity index is 1.28. The molecule has 0 spiro atoms. The van der Waals surface area contributed by atoms with E-state index >= 15 is 0 Å². The zero-order valence-electron chi connectivity index (χ0n) is 23.0. The molecule has 2 saturated heterocycles. The van der Waals surface area contributed by atoms with E-state index in [-0.39, 0.29) is 5.75 Å². The highest BCUT2D eigenvalue weighted by molar-refractivity contribution is 7.89. The first-order valence-electron chi connectivity index (χ1n) is 13.7. The fraction of sp³-hybridized carbons (Fsp3) is 0.448. The molecule has 9 nitrogen and oxygen atoms in total. The summed E-state index contributed by atoms with van der Waals surface area (Å²) in [6.45, 7) is 4.53. The number of halogens is 1. The minimum absolute atomic E-state index is 0.0926. The van der Waals surface area contributed by atoms with Crippen molar-refractivity contribution < 1.29 is 13.2 Å². The number of para-hydroxylation sites is 1. The van der Waals surface area contributed by atoms with Crippen LogP contribution in [0.1, 0.15) is 42.7 Å². The number of ether oxygens (including phenoxy) is 1. The predicted molar refractivity (Wildman–Crippen MR) is 161 cm³/mol. The van der Waals surface area contributed by atoms with Gasteiger partial charge in [-0.3, -0.25) is 0 Å². The van der Waals surface area contributed by atoms with Gasteiger partial charge >= 0.3 is 0 Å². The van der Waals surface area contributed by atoms with E-state index in [1.54, 1.807) is 25.3 Å². The molecule has 2 aliphatic rings. The van der Waals surface area contributed by atoms with Crippen LogP contribution in [0.25, 0.3) is 0 Å². The lowest BCUT2D eigenvalue weighted by atomic mass is 9.88. The molecule has 214 valence electrons. The summed E-state index contributed by atoms with van der Waals surface area (Å²) in [5, 5.41) is 10.2. The lowest BCUT2D eigenvalue weighted by Gasteiger charge is -2.39. The molecule has 2 fully saturated rings.